The Balaban J connectivity index is 2.35. The number of aromatic nitrogens is 1. The summed E-state index contributed by atoms with van der Waals surface area (Å²) in [6, 6.07) is 2.03. The fourth-order valence-corrected chi connectivity index (χ4v) is 3.80. The monoisotopic (exact) mass is 545 g/mol. The number of nitrogens with one attached hydrogen (secondary N) is 4. The number of benzene rings is 1. The molecule has 5 amide bonds. The highest BCUT2D eigenvalue weighted by Crippen LogP contribution is 2.19. The first-order chi connectivity index (χ1) is 18.3. The van der Waals surface area contributed by atoms with Crippen molar-refractivity contribution in [1.82, 2.24) is 20.9 Å². The van der Waals surface area contributed by atoms with Gasteiger partial charge in [0.1, 0.15) is 18.1 Å². The second-order valence-corrected chi connectivity index (χ2v) is 9.53. The number of carbonyl (C=O) groups is 6. The molecular formula is C25H35N7O7. The zero-order valence-electron chi connectivity index (χ0n) is 21.7. The first-order valence-corrected chi connectivity index (χ1v) is 12.3. The molecule has 0 bridgehead atoms. The number of hydrogen-bond acceptors (Lipinski definition) is 7. The van der Waals surface area contributed by atoms with Gasteiger partial charge >= 0.3 is 5.97 Å². The predicted octanol–water partition coefficient (Wildman–Crippen LogP) is -1.63. The van der Waals surface area contributed by atoms with Crippen molar-refractivity contribution >= 4 is 46.4 Å². The molecule has 2 rings (SSSR count). The molecule has 4 unspecified atom stereocenters. The van der Waals surface area contributed by atoms with E-state index in [4.69, 9.17) is 17.2 Å². The normalized spacial score (nSPS) is 14.2. The third-order valence-electron chi connectivity index (χ3n) is 6.09. The molecule has 212 valence electrons. The van der Waals surface area contributed by atoms with Gasteiger partial charge in [-0.15, -0.1) is 0 Å². The summed E-state index contributed by atoms with van der Waals surface area (Å²) in [7, 11) is 0. The number of hydrogen-bond donors (Lipinski definition) is 8. The molecular weight excluding hydrogens is 510 g/mol. The summed E-state index contributed by atoms with van der Waals surface area (Å²) in [6.45, 7) is 3.44. The van der Waals surface area contributed by atoms with E-state index in [1.165, 1.54) is 0 Å². The molecule has 0 fully saturated rings. The van der Waals surface area contributed by atoms with Crippen molar-refractivity contribution in [3.8, 4) is 0 Å². The molecule has 0 aliphatic rings. The minimum atomic E-state index is -1.63. The van der Waals surface area contributed by atoms with Crippen molar-refractivity contribution in [3.63, 3.8) is 0 Å². The zero-order chi connectivity index (χ0) is 29.3. The Bertz CT molecular complexity index is 1230. The molecule has 1 aromatic heterocycles. The highest BCUT2D eigenvalue weighted by Gasteiger charge is 2.32. The van der Waals surface area contributed by atoms with E-state index in [9.17, 15) is 33.9 Å². The molecule has 0 aliphatic heterocycles. The number of carboxylic acids is 1. The van der Waals surface area contributed by atoms with Gasteiger partial charge in [0, 0.05) is 29.9 Å². The topological polar surface area (TPSA) is 253 Å². The largest absolute Gasteiger partial charge is 0.480 e. The Morgan fingerprint density at radius 3 is 2.05 bits per heavy atom. The Kier molecular flexibility index (Phi) is 11.0. The maximum atomic E-state index is 13.3. The highest BCUT2D eigenvalue weighted by molar-refractivity contribution is 5.95. The summed E-state index contributed by atoms with van der Waals surface area (Å²) in [5.74, 6) is -5.75. The fourth-order valence-electron chi connectivity index (χ4n) is 3.80. The lowest BCUT2D eigenvalue weighted by atomic mass is 10.0. The van der Waals surface area contributed by atoms with Crippen LogP contribution < -0.4 is 33.2 Å². The van der Waals surface area contributed by atoms with Crippen LogP contribution in [0.3, 0.4) is 0 Å². The van der Waals surface area contributed by atoms with Crippen LogP contribution >= 0.6 is 0 Å². The van der Waals surface area contributed by atoms with Crippen LogP contribution in [0.25, 0.3) is 10.9 Å². The van der Waals surface area contributed by atoms with E-state index < -0.39 is 66.1 Å². The maximum Gasteiger partial charge on any atom is 0.326 e. The first kappa shape index (κ1) is 30.8. The molecule has 0 saturated carbocycles. The number of para-hydroxylation sites is 1. The lowest BCUT2D eigenvalue weighted by molar-refractivity contribution is -0.143. The molecule has 14 nitrogen and oxygen atoms in total. The second kappa shape index (κ2) is 13.9. The number of aromatic amines is 1. The third kappa shape index (κ3) is 9.10. The zero-order valence-corrected chi connectivity index (χ0v) is 21.7. The molecule has 0 spiro atoms. The number of fused-ring (bicyclic) bond motifs is 1. The second-order valence-electron chi connectivity index (χ2n) is 9.53. The number of nitrogens with two attached hydrogens (primary N) is 3. The van der Waals surface area contributed by atoms with Gasteiger partial charge in [0.15, 0.2) is 0 Å². The summed E-state index contributed by atoms with van der Waals surface area (Å²) < 4.78 is 0. The van der Waals surface area contributed by atoms with E-state index in [2.05, 4.69) is 20.9 Å². The van der Waals surface area contributed by atoms with E-state index in [0.717, 1.165) is 10.9 Å². The van der Waals surface area contributed by atoms with Crippen molar-refractivity contribution in [2.75, 3.05) is 0 Å². The number of aliphatic carboxylic acids is 1. The Morgan fingerprint density at radius 2 is 1.46 bits per heavy atom. The average molecular weight is 546 g/mol. The number of carbonyl (C=O) groups excluding carboxylic acids is 5. The maximum absolute atomic E-state index is 13.3. The molecule has 0 radical (unpaired) electrons. The number of carboxylic acid groups (broad SMARTS) is 1. The van der Waals surface area contributed by atoms with Gasteiger partial charge in [0.05, 0.1) is 12.5 Å². The number of amides is 5. The van der Waals surface area contributed by atoms with E-state index in [1.54, 1.807) is 32.2 Å². The summed E-state index contributed by atoms with van der Waals surface area (Å²) in [5.41, 5.74) is 17.6. The van der Waals surface area contributed by atoms with Crippen LogP contribution in [0.15, 0.2) is 30.5 Å². The Hall–Kier alpha value is -4.46. The lowest BCUT2D eigenvalue weighted by Crippen LogP contribution is -2.58. The molecule has 2 aromatic rings. The van der Waals surface area contributed by atoms with Crippen LogP contribution in [0.5, 0.6) is 0 Å². The van der Waals surface area contributed by atoms with E-state index in [1.807, 2.05) is 12.1 Å². The van der Waals surface area contributed by atoms with Crippen molar-refractivity contribution in [3.05, 3.63) is 36.0 Å². The Morgan fingerprint density at radius 1 is 0.872 bits per heavy atom. The summed E-state index contributed by atoms with van der Waals surface area (Å²) in [6.07, 6.45) is 0.488. The lowest BCUT2D eigenvalue weighted by Gasteiger charge is -2.25. The van der Waals surface area contributed by atoms with Crippen molar-refractivity contribution in [1.29, 1.82) is 0 Å². The minimum Gasteiger partial charge on any atom is -0.480 e. The first-order valence-electron chi connectivity index (χ1n) is 12.3. The predicted molar refractivity (Wildman–Crippen MR) is 140 cm³/mol. The van der Waals surface area contributed by atoms with Gasteiger partial charge < -0.3 is 43.2 Å². The van der Waals surface area contributed by atoms with Crippen LogP contribution in [-0.4, -0.2) is 69.8 Å². The van der Waals surface area contributed by atoms with Crippen LogP contribution in [-0.2, 0) is 35.2 Å². The highest BCUT2D eigenvalue weighted by atomic mass is 16.4. The van der Waals surface area contributed by atoms with Crippen LogP contribution in [0, 0.1) is 5.92 Å². The van der Waals surface area contributed by atoms with E-state index in [0.29, 0.717) is 5.56 Å². The van der Waals surface area contributed by atoms with Crippen molar-refractivity contribution in [2.24, 2.45) is 23.1 Å². The van der Waals surface area contributed by atoms with Gasteiger partial charge in [0.2, 0.25) is 29.5 Å². The molecule has 39 heavy (non-hydrogen) atoms. The molecule has 1 aromatic carbocycles. The molecule has 11 N–H and O–H groups in total. The molecule has 0 saturated heterocycles. The summed E-state index contributed by atoms with van der Waals surface area (Å²) >= 11 is 0. The molecule has 14 heteroatoms. The molecule has 1 heterocycles. The van der Waals surface area contributed by atoms with Gasteiger partial charge in [-0.1, -0.05) is 32.0 Å². The third-order valence-corrected chi connectivity index (χ3v) is 6.09. The average Bonchev–Trinajstić information content (AvgIpc) is 3.27. The van der Waals surface area contributed by atoms with E-state index >= 15 is 0 Å². The van der Waals surface area contributed by atoms with Gasteiger partial charge in [-0.05, 0) is 24.0 Å². The summed E-state index contributed by atoms with van der Waals surface area (Å²) in [4.78, 5) is 76.4. The quantitative estimate of drug-likeness (QED) is 0.129. The minimum absolute atomic E-state index is 0.0769. The standard InChI is InChI=1S/C25H35N7O7/c1-12(2)21(28)24(37)30-16(7-8-19(26)33)22(35)31-17(23(36)32-18(25(38)39)10-20(27)34)9-13-11-29-15-6-4-3-5-14(13)15/h3-6,11-12,16-18,21,29H,7-10,28H2,1-2H3,(H2,26,33)(H2,27,34)(H,30,37)(H,31,35)(H,32,36)(H,38,39). The number of primary amides is 2. The van der Waals surface area contributed by atoms with Crippen LogP contribution in [0.4, 0.5) is 0 Å². The molecule has 4 atom stereocenters. The fraction of sp³-hybridized carbons (Fsp3) is 0.440. The smallest absolute Gasteiger partial charge is 0.326 e. The van der Waals surface area contributed by atoms with Crippen LogP contribution in [0.2, 0.25) is 0 Å². The molecule has 0 aliphatic carbocycles. The van der Waals surface area contributed by atoms with Gasteiger partial charge in [-0.3, -0.25) is 24.0 Å². The van der Waals surface area contributed by atoms with Crippen LogP contribution in [0.1, 0.15) is 38.7 Å². The van der Waals surface area contributed by atoms with Gasteiger partial charge in [-0.2, -0.15) is 0 Å². The van der Waals surface area contributed by atoms with Gasteiger partial charge in [0.25, 0.3) is 0 Å². The van der Waals surface area contributed by atoms with Crippen molar-refractivity contribution in [2.45, 2.75) is 63.7 Å². The van der Waals surface area contributed by atoms with Gasteiger partial charge in [-0.25, -0.2) is 4.79 Å². The number of rotatable bonds is 15. The SMILES string of the molecule is CC(C)C(N)C(=O)NC(CCC(N)=O)C(=O)NC(Cc1c[nH]c2ccccc12)C(=O)NC(CC(N)=O)C(=O)O. The number of H-pyrrole nitrogens is 1. The summed E-state index contributed by atoms with van der Waals surface area (Å²) in [5, 5.41) is 17.4. The Labute approximate surface area is 224 Å². The van der Waals surface area contributed by atoms with E-state index in [-0.39, 0.29) is 25.2 Å². The van der Waals surface area contributed by atoms with Crippen molar-refractivity contribution < 1.29 is 33.9 Å².